The predicted molar refractivity (Wildman–Crippen MR) is 129 cm³/mol. The van der Waals surface area contributed by atoms with Crippen LogP contribution in [0.15, 0.2) is 69.9 Å². The number of fused-ring (bicyclic) bond motifs is 1. The second-order valence-corrected chi connectivity index (χ2v) is 9.24. The number of amides is 1. The zero-order valence-corrected chi connectivity index (χ0v) is 19.1. The van der Waals surface area contributed by atoms with Crippen molar-refractivity contribution < 1.29 is 4.79 Å². The maximum Gasteiger partial charge on any atom is 0.272 e. The number of thiophene rings is 1. The topological polar surface area (TPSA) is 64.0 Å². The first-order valence-electron chi connectivity index (χ1n) is 10.0. The minimum absolute atomic E-state index is 0.0478. The molecule has 0 aliphatic carbocycles. The quantitative estimate of drug-likeness (QED) is 0.317. The zero-order chi connectivity index (χ0) is 21.8. The Morgan fingerprint density at radius 1 is 1.13 bits per heavy atom. The van der Waals surface area contributed by atoms with E-state index in [1.807, 2.05) is 73.8 Å². The molecule has 0 aliphatic rings. The number of anilines is 1. The van der Waals surface area contributed by atoms with Crippen molar-refractivity contribution in [1.82, 2.24) is 9.55 Å². The molecule has 0 unspecified atom stereocenters. The van der Waals surface area contributed by atoms with Crippen molar-refractivity contribution in [3.05, 3.63) is 87.0 Å². The molecule has 2 aromatic heterocycles. The van der Waals surface area contributed by atoms with Crippen molar-refractivity contribution >= 4 is 44.9 Å². The Morgan fingerprint density at radius 2 is 1.94 bits per heavy atom. The van der Waals surface area contributed by atoms with Gasteiger partial charge in [-0.3, -0.25) is 14.2 Å². The smallest absolute Gasteiger partial charge is 0.272 e. The number of aromatic nitrogens is 2. The molecule has 0 aliphatic heterocycles. The monoisotopic (exact) mass is 449 g/mol. The Bertz CT molecular complexity index is 1280. The third kappa shape index (κ3) is 5.06. The molecular formula is C24H23N3O2S2. The molecule has 1 amide bonds. The van der Waals surface area contributed by atoms with Crippen LogP contribution in [0.5, 0.6) is 0 Å². The van der Waals surface area contributed by atoms with Gasteiger partial charge >= 0.3 is 0 Å². The molecule has 0 saturated carbocycles. The van der Waals surface area contributed by atoms with Crippen LogP contribution in [0.1, 0.15) is 16.7 Å². The molecule has 5 nitrogen and oxygen atoms in total. The summed E-state index contributed by atoms with van der Waals surface area (Å²) in [4.78, 5) is 30.3. The molecule has 0 spiro atoms. The SMILES string of the molecule is Cc1ccc(C)c(NC(=O)CSc2nc3ccsc3c(=O)n2CCc2ccccc2)c1. The first-order valence-corrected chi connectivity index (χ1v) is 11.9. The highest BCUT2D eigenvalue weighted by Crippen LogP contribution is 2.22. The van der Waals surface area contributed by atoms with Gasteiger partial charge in [-0.1, -0.05) is 54.2 Å². The fraction of sp³-hybridized carbons (Fsp3) is 0.208. The normalized spacial score (nSPS) is 11.0. The summed E-state index contributed by atoms with van der Waals surface area (Å²) in [6.45, 7) is 4.48. The Labute approximate surface area is 189 Å². The molecule has 4 rings (SSSR count). The largest absolute Gasteiger partial charge is 0.325 e. The summed E-state index contributed by atoms with van der Waals surface area (Å²) < 4.78 is 2.35. The van der Waals surface area contributed by atoms with Gasteiger partial charge in [-0.15, -0.1) is 11.3 Å². The maximum atomic E-state index is 13.1. The van der Waals surface area contributed by atoms with Crippen molar-refractivity contribution in [1.29, 1.82) is 0 Å². The van der Waals surface area contributed by atoms with Crippen LogP contribution in [0.2, 0.25) is 0 Å². The average Bonchev–Trinajstić information content (AvgIpc) is 3.24. The summed E-state index contributed by atoms with van der Waals surface area (Å²) in [5.41, 5.74) is 4.71. The molecule has 0 bridgehead atoms. The number of carbonyl (C=O) groups is 1. The summed E-state index contributed by atoms with van der Waals surface area (Å²) in [6, 6.07) is 17.9. The standard InChI is InChI=1S/C24H23N3O2S2/c1-16-8-9-17(2)20(14-16)25-21(28)15-31-24-26-19-11-13-30-22(19)23(29)27(24)12-10-18-6-4-3-5-7-18/h3-9,11,13-14H,10,12,15H2,1-2H3,(H,25,28). The van der Waals surface area contributed by atoms with Gasteiger partial charge in [-0.05, 0) is 54.5 Å². The van der Waals surface area contributed by atoms with E-state index in [0.717, 1.165) is 28.8 Å². The first kappa shape index (κ1) is 21.3. The summed E-state index contributed by atoms with van der Waals surface area (Å²) in [5, 5.41) is 5.42. The summed E-state index contributed by atoms with van der Waals surface area (Å²) in [7, 11) is 0. The van der Waals surface area contributed by atoms with Gasteiger partial charge in [0.25, 0.3) is 5.56 Å². The molecular weight excluding hydrogens is 426 g/mol. The lowest BCUT2D eigenvalue weighted by atomic mass is 10.1. The molecule has 2 aromatic carbocycles. The Morgan fingerprint density at radius 3 is 2.74 bits per heavy atom. The Kier molecular flexibility index (Phi) is 6.53. The summed E-state index contributed by atoms with van der Waals surface area (Å²) in [6.07, 6.45) is 0.724. The van der Waals surface area contributed by atoms with E-state index in [4.69, 9.17) is 0 Å². The van der Waals surface area contributed by atoms with Gasteiger partial charge in [-0.2, -0.15) is 0 Å². The van der Waals surface area contributed by atoms with E-state index < -0.39 is 0 Å². The van der Waals surface area contributed by atoms with Crippen molar-refractivity contribution in [2.75, 3.05) is 11.1 Å². The predicted octanol–water partition coefficient (Wildman–Crippen LogP) is 5.05. The zero-order valence-electron chi connectivity index (χ0n) is 17.4. The molecule has 0 fully saturated rings. The van der Waals surface area contributed by atoms with Crippen molar-refractivity contribution in [3.63, 3.8) is 0 Å². The van der Waals surface area contributed by atoms with Crippen molar-refractivity contribution in [3.8, 4) is 0 Å². The number of thioether (sulfide) groups is 1. The van der Waals surface area contributed by atoms with Gasteiger partial charge in [0.2, 0.25) is 5.91 Å². The van der Waals surface area contributed by atoms with Gasteiger partial charge in [0.1, 0.15) is 4.70 Å². The minimum Gasteiger partial charge on any atom is -0.325 e. The first-order chi connectivity index (χ1) is 15.0. The number of rotatable bonds is 7. The van der Waals surface area contributed by atoms with Gasteiger partial charge in [-0.25, -0.2) is 4.98 Å². The van der Waals surface area contributed by atoms with Gasteiger partial charge < -0.3 is 5.32 Å². The van der Waals surface area contributed by atoms with E-state index in [1.165, 1.54) is 23.1 Å². The van der Waals surface area contributed by atoms with Crippen molar-refractivity contribution in [2.24, 2.45) is 0 Å². The lowest BCUT2D eigenvalue weighted by Crippen LogP contribution is -2.24. The van der Waals surface area contributed by atoms with E-state index in [-0.39, 0.29) is 17.2 Å². The van der Waals surface area contributed by atoms with E-state index in [2.05, 4.69) is 10.3 Å². The number of benzene rings is 2. The molecule has 31 heavy (non-hydrogen) atoms. The lowest BCUT2D eigenvalue weighted by molar-refractivity contribution is -0.113. The van der Waals surface area contributed by atoms with Crippen LogP contribution in [0.3, 0.4) is 0 Å². The number of nitrogens with one attached hydrogen (secondary N) is 1. The maximum absolute atomic E-state index is 13.1. The number of hydrogen-bond acceptors (Lipinski definition) is 5. The van der Waals surface area contributed by atoms with Crippen LogP contribution in [-0.4, -0.2) is 21.2 Å². The van der Waals surface area contributed by atoms with E-state index in [1.54, 1.807) is 4.57 Å². The van der Waals surface area contributed by atoms with Gasteiger partial charge in [0, 0.05) is 12.2 Å². The molecule has 0 saturated heterocycles. The van der Waals surface area contributed by atoms with E-state index in [0.29, 0.717) is 21.9 Å². The fourth-order valence-electron chi connectivity index (χ4n) is 3.30. The molecule has 7 heteroatoms. The van der Waals surface area contributed by atoms with Crippen LogP contribution in [0.4, 0.5) is 5.69 Å². The molecule has 158 valence electrons. The van der Waals surface area contributed by atoms with E-state index in [9.17, 15) is 9.59 Å². The highest BCUT2D eigenvalue weighted by molar-refractivity contribution is 7.99. The van der Waals surface area contributed by atoms with Crippen molar-refractivity contribution in [2.45, 2.75) is 32.0 Å². The fourth-order valence-corrected chi connectivity index (χ4v) is 4.91. The lowest BCUT2D eigenvalue weighted by Gasteiger charge is -2.13. The Hall–Kier alpha value is -2.90. The van der Waals surface area contributed by atoms with E-state index >= 15 is 0 Å². The number of aryl methyl sites for hydroxylation is 3. The average molecular weight is 450 g/mol. The van der Waals surface area contributed by atoms with Crippen LogP contribution < -0.4 is 10.9 Å². The van der Waals surface area contributed by atoms with Crippen LogP contribution >= 0.6 is 23.1 Å². The highest BCUT2D eigenvalue weighted by Gasteiger charge is 2.15. The second-order valence-electron chi connectivity index (χ2n) is 7.38. The molecule has 4 aromatic rings. The van der Waals surface area contributed by atoms with Crippen LogP contribution in [0, 0.1) is 13.8 Å². The Balaban J connectivity index is 1.53. The number of hydrogen-bond donors (Lipinski definition) is 1. The number of carbonyl (C=O) groups excluding carboxylic acids is 1. The molecule has 0 atom stereocenters. The van der Waals surface area contributed by atoms with Crippen LogP contribution in [-0.2, 0) is 17.8 Å². The van der Waals surface area contributed by atoms with Crippen LogP contribution in [0.25, 0.3) is 10.2 Å². The summed E-state index contributed by atoms with van der Waals surface area (Å²) >= 11 is 2.70. The van der Waals surface area contributed by atoms with Gasteiger partial charge in [0.05, 0.1) is 11.3 Å². The minimum atomic E-state index is -0.118. The molecule has 2 heterocycles. The third-order valence-corrected chi connectivity index (χ3v) is 6.87. The highest BCUT2D eigenvalue weighted by atomic mass is 32.2. The number of nitrogens with zero attached hydrogens (tertiary/aromatic N) is 2. The summed E-state index contributed by atoms with van der Waals surface area (Å²) in [5.74, 6) is 0.0637. The molecule has 0 radical (unpaired) electrons. The second kappa shape index (κ2) is 9.49. The van der Waals surface area contributed by atoms with Gasteiger partial charge in [0.15, 0.2) is 5.16 Å². The third-order valence-electron chi connectivity index (χ3n) is 5.00. The molecule has 1 N–H and O–H groups in total.